The Labute approximate surface area is 152 Å². The van der Waals surface area contributed by atoms with Gasteiger partial charge >= 0.3 is 0 Å². The highest BCUT2D eigenvalue weighted by Gasteiger charge is 2.09. The molecule has 0 aliphatic carbocycles. The second-order valence-corrected chi connectivity index (χ2v) is 5.94. The maximum atomic E-state index is 13.1. The van der Waals surface area contributed by atoms with Gasteiger partial charge < -0.3 is 5.32 Å². The number of nitrogens with zero attached hydrogens (tertiary/aromatic N) is 3. The minimum absolute atomic E-state index is 0.241. The van der Waals surface area contributed by atoms with E-state index < -0.39 is 5.56 Å². The first kappa shape index (κ1) is 16.6. The topological polar surface area (TPSA) is 92.7 Å². The van der Waals surface area contributed by atoms with Crippen LogP contribution >= 0.6 is 0 Å². The van der Waals surface area contributed by atoms with E-state index in [1.165, 1.54) is 24.3 Å². The Kier molecular flexibility index (Phi) is 4.21. The SMILES string of the molecule is O=C(Cn1nc(-c2ccc(F)cc2)ccc1=O)Nc1ccc2cn[nH]c2c1. The van der Waals surface area contributed by atoms with Gasteiger partial charge in [0, 0.05) is 22.7 Å². The number of nitrogens with one attached hydrogen (secondary N) is 2. The Balaban J connectivity index is 1.54. The van der Waals surface area contributed by atoms with E-state index >= 15 is 0 Å². The van der Waals surface area contributed by atoms with E-state index in [0.29, 0.717) is 16.9 Å². The summed E-state index contributed by atoms with van der Waals surface area (Å²) in [4.78, 5) is 24.3. The largest absolute Gasteiger partial charge is 0.324 e. The average Bonchev–Trinajstić information content (AvgIpc) is 3.12. The maximum Gasteiger partial charge on any atom is 0.267 e. The molecule has 4 aromatic rings. The third-order valence-electron chi connectivity index (χ3n) is 4.03. The van der Waals surface area contributed by atoms with Crippen molar-refractivity contribution in [1.82, 2.24) is 20.0 Å². The second-order valence-electron chi connectivity index (χ2n) is 5.94. The lowest BCUT2D eigenvalue weighted by atomic mass is 10.1. The number of carbonyl (C=O) groups excluding carboxylic acids is 1. The molecule has 2 aromatic heterocycles. The van der Waals surface area contributed by atoms with Crippen molar-refractivity contribution in [3.05, 3.63) is 77.0 Å². The van der Waals surface area contributed by atoms with Crippen molar-refractivity contribution in [2.45, 2.75) is 6.54 Å². The van der Waals surface area contributed by atoms with Crippen LogP contribution in [0.1, 0.15) is 0 Å². The molecule has 8 heteroatoms. The fourth-order valence-electron chi connectivity index (χ4n) is 2.69. The Morgan fingerprint density at radius 3 is 2.74 bits per heavy atom. The zero-order valence-electron chi connectivity index (χ0n) is 14.0. The number of halogens is 1. The summed E-state index contributed by atoms with van der Waals surface area (Å²) in [6, 6.07) is 13.9. The molecular formula is C19H14FN5O2. The molecule has 0 bridgehead atoms. The molecule has 0 saturated heterocycles. The Bertz CT molecular complexity index is 1180. The standard InChI is InChI=1S/C19H14FN5O2/c20-14-4-1-12(2-5-14)16-7-8-19(27)25(24-16)11-18(26)22-15-6-3-13-10-21-23-17(13)9-15/h1-10H,11H2,(H,21,23)(H,22,26). The highest BCUT2D eigenvalue weighted by molar-refractivity contribution is 5.93. The minimum atomic E-state index is -0.403. The highest BCUT2D eigenvalue weighted by Crippen LogP contribution is 2.17. The van der Waals surface area contributed by atoms with E-state index in [1.54, 1.807) is 30.5 Å². The monoisotopic (exact) mass is 363 g/mol. The molecule has 27 heavy (non-hydrogen) atoms. The van der Waals surface area contributed by atoms with Crippen LogP contribution in [0.3, 0.4) is 0 Å². The van der Waals surface area contributed by atoms with Crippen LogP contribution in [-0.2, 0) is 11.3 Å². The van der Waals surface area contributed by atoms with Crippen molar-refractivity contribution in [2.75, 3.05) is 5.32 Å². The van der Waals surface area contributed by atoms with Gasteiger partial charge in [-0.25, -0.2) is 9.07 Å². The smallest absolute Gasteiger partial charge is 0.267 e. The molecule has 7 nitrogen and oxygen atoms in total. The van der Waals surface area contributed by atoms with E-state index in [4.69, 9.17) is 0 Å². The van der Waals surface area contributed by atoms with Crippen molar-refractivity contribution in [2.24, 2.45) is 0 Å². The first-order chi connectivity index (χ1) is 13.1. The summed E-state index contributed by atoms with van der Waals surface area (Å²) >= 11 is 0. The number of anilines is 1. The summed E-state index contributed by atoms with van der Waals surface area (Å²) < 4.78 is 14.1. The normalized spacial score (nSPS) is 10.9. The number of fused-ring (bicyclic) bond motifs is 1. The molecule has 0 aliphatic rings. The number of carbonyl (C=O) groups is 1. The molecular weight excluding hydrogens is 349 g/mol. The van der Waals surface area contributed by atoms with Crippen LogP contribution in [0, 0.1) is 5.82 Å². The fourth-order valence-corrected chi connectivity index (χ4v) is 2.69. The average molecular weight is 363 g/mol. The number of aromatic amines is 1. The van der Waals surface area contributed by atoms with Crippen molar-refractivity contribution < 1.29 is 9.18 Å². The van der Waals surface area contributed by atoms with Crippen molar-refractivity contribution in [3.63, 3.8) is 0 Å². The maximum absolute atomic E-state index is 13.1. The number of aromatic nitrogens is 4. The molecule has 0 saturated carbocycles. The Morgan fingerprint density at radius 1 is 1.11 bits per heavy atom. The number of rotatable bonds is 4. The summed E-state index contributed by atoms with van der Waals surface area (Å²) in [5, 5.41) is 14.6. The van der Waals surface area contributed by atoms with Gasteiger partial charge in [-0.2, -0.15) is 10.2 Å². The minimum Gasteiger partial charge on any atom is -0.324 e. The van der Waals surface area contributed by atoms with Gasteiger partial charge in [-0.05, 0) is 48.5 Å². The molecule has 0 unspecified atom stereocenters. The molecule has 0 atom stereocenters. The lowest BCUT2D eigenvalue weighted by Gasteiger charge is -2.08. The van der Waals surface area contributed by atoms with E-state index in [9.17, 15) is 14.0 Å². The lowest BCUT2D eigenvalue weighted by molar-refractivity contribution is -0.117. The molecule has 0 radical (unpaired) electrons. The molecule has 4 rings (SSSR count). The molecule has 2 heterocycles. The van der Waals surface area contributed by atoms with Crippen LogP contribution in [0.2, 0.25) is 0 Å². The predicted molar refractivity (Wildman–Crippen MR) is 98.6 cm³/mol. The second kappa shape index (κ2) is 6.83. The number of H-pyrrole nitrogens is 1. The number of benzene rings is 2. The quantitative estimate of drug-likeness (QED) is 0.583. The van der Waals surface area contributed by atoms with Crippen LogP contribution in [0.25, 0.3) is 22.2 Å². The lowest BCUT2D eigenvalue weighted by Crippen LogP contribution is -2.29. The van der Waals surface area contributed by atoms with Crippen LogP contribution in [0.5, 0.6) is 0 Å². The third kappa shape index (κ3) is 3.59. The van der Waals surface area contributed by atoms with Crippen molar-refractivity contribution in [3.8, 4) is 11.3 Å². The van der Waals surface area contributed by atoms with E-state index in [0.717, 1.165) is 15.6 Å². The summed E-state index contributed by atoms with van der Waals surface area (Å²) in [6.07, 6.45) is 1.69. The predicted octanol–water partition coefficient (Wildman–Crippen LogP) is 2.56. The van der Waals surface area contributed by atoms with Gasteiger partial charge in [0.2, 0.25) is 5.91 Å². The van der Waals surface area contributed by atoms with Gasteiger partial charge in [0.25, 0.3) is 5.56 Å². The van der Waals surface area contributed by atoms with Gasteiger partial charge in [0.05, 0.1) is 17.4 Å². The van der Waals surface area contributed by atoms with Crippen molar-refractivity contribution in [1.29, 1.82) is 0 Å². The van der Waals surface area contributed by atoms with Gasteiger partial charge in [-0.1, -0.05) is 0 Å². The molecule has 0 spiro atoms. The van der Waals surface area contributed by atoms with Crippen LogP contribution in [0.4, 0.5) is 10.1 Å². The van der Waals surface area contributed by atoms with Crippen LogP contribution in [-0.4, -0.2) is 25.9 Å². The Hall–Kier alpha value is -3.81. The van der Waals surface area contributed by atoms with E-state index in [-0.39, 0.29) is 18.3 Å². The van der Waals surface area contributed by atoms with Crippen LogP contribution < -0.4 is 10.9 Å². The van der Waals surface area contributed by atoms with Gasteiger partial charge in [-0.3, -0.25) is 14.7 Å². The Morgan fingerprint density at radius 2 is 1.93 bits per heavy atom. The molecule has 0 fully saturated rings. The number of hydrogen-bond acceptors (Lipinski definition) is 4. The first-order valence-corrected chi connectivity index (χ1v) is 8.15. The summed E-state index contributed by atoms with van der Waals surface area (Å²) in [6.45, 7) is -0.241. The zero-order chi connectivity index (χ0) is 18.8. The number of amides is 1. The van der Waals surface area contributed by atoms with E-state index in [2.05, 4.69) is 20.6 Å². The summed E-state index contributed by atoms with van der Waals surface area (Å²) in [5.74, 6) is -0.750. The molecule has 2 aromatic carbocycles. The highest BCUT2D eigenvalue weighted by atomic mass is 19.1. The molecule has 134 valence electrons. The van der Waals surface area contributed by atoms with E-state index in [1.807, 2.05) is 6.07 Å². The molecule has 1 amide bonds. The third-order valence-corrected chi connectivity index (χ3v) is 4.03. The first-order valence-electron chi connectivity index (χ1n) is 8.15. The summed E-state index contributed by atoms with van der Waals surface area (Å²) in [7, 11) is 0. The van der Waals surface area contributed by atoms with Crippen LogP contribution in [0.15, 0.2) is 65.6 Å². The van der Waals surface area contributed by atoms with Gasteiger partial charge in [0.15, 0.2) is 0 Å². The summed E-state index contributed by atoms with van der Waals surface area (Å²) in [5.41, 5.74) is 2.09. The van der Waals surface area contributed by atoms with Gasteiger partial charge in [-0.15, -0.1) is 0 Å². The van der Waals surface area contributed by atoms with Crippen molar-refractivity contribution >= 4 is 22.5 Å². The zero-order valence-corrected chi connectivity index (χ0v) is 14.0. The number of hydrogen-bond donors (Lipinski definition) is 2. The van der Waals surface area contributed by atoms with Gasteiger partial charge in [0.1, 0.15) is 12.4 Å². The molecule has 2 N–H and O–H groups in total. The molecule has 0 aliphatic heterocycles. The fraction of sp³-hybridized carbons (Fsp3) is 0.0526.